The van der Waals surface area contributed by atoms with Crippen LogP contribution >= 0.6 is 22.7 Å². The van der Waals surface area contributed by atoms with Crippen LogP contribution in [0.25, 0.3) is 0 Å². The van der Waals surface area contributed by atoms with E-state index in [-0.39, 0.29) is 11.9 Å². The average Bonchev–Trinajstić information content (AvgIpc) is 3.07. The number of hydrogen-bond donors (Lipinski definition) is 1. The number of nitrogens with one attached hydrogen (secondary N) is 1. The summed E-state index contributed by atoms with van der Waals surface area (Å²) in [7, 11) is 1.94. The molecule has 0 saturated carbocycles. The van der Waals surface area contributed by atoms with Gasteiger partial charge >= 0.3 is 0 Å². The first kappa shape index (κ1) is 16.0. The molecule has 0 aliphatic heterocycles. The number of anilines is 1. The van der Waals surface area contributed by atoms with E-state index in [0.717, 1.165) is 17.1 Å². The van der Waals surface area contributed by atoms with E-state index >= 15 is 0 Å². The minimum atomic E-state index is -0.0843. The molecule has 0 aromatic carbocycles. The summed E-state index contributed by atoms with van der Waals surface area (Å²) in [5.41, 5.74) is 2.65. The molecule has 2 heterocycles. The summed E-state index contributed by atoms with van der Waals surface area (Å²) in [6.45, 7) is 6.53. The molecule has 1 N–H and O–H groups in total. The molecule has 0 fully saturated rings. The van der Waals surface area contributed by atoms with Gasteiger partial charge < -0.3 is 0 Å². The van der Waals surface area contributed by atoms with E-state index in [1.165, 1.54) is 16.2 Å². The first-order valence-corrected chi connectivity index (χ1v) is 8.43. The lowest BCUT2D eigenvalue weighted by Crippen LogP contribution is -2.32. The second-order valence-corrected chi connectivity index (χ2v) is 6.74. The van der Waals surface area contributed by atoms with Crippen molar-refractivity contribution in [3.63, 3.8) is 0 Å². The largest absolute Gasteiger partial charge is 0.299 e. The molecule has 1 atom stereocenters. The molecule has 2 rings (SSSR count). The topological polar surface area (TPSA) is 71.0 Å². The van der Waals surface area contributed by atoms with E-state index in [2.05, 4.69) is 34.3 Å². The van der Waals surface area contributed by atoms with Crippen LogP contribution in [0.5, 0.6) is 0 Å². The number of rotatable bonds is 6. The Balaban J connectivity index is 1.96. The Kier molecular flexibility index (Phi) is 5.38. The van der Waals surface area contributed by atoms with Crippen LogP contribution in [0.4, 0.5) is 5.13 Å². The number of aryl methyl sites for hydroxylation is 2. The number of nitrogens with zero attached hydrogens (tertiary/aromatic N) is 4. The molecule has 0 aliphatic carbocycles. The molecule has 114 valence electrons. The molecule has 0 radical (unpaired) electrons. The second-order valence-electron chi connectivity index (χ2n) is 4.79. The Hall–Kier alpha value is -1.38. The van der Waals surface area contributed by atoms with Crippen molar-refractivity contribution >= 4 is 33.7 Å². The van der Waals surface area contributed by atoms with Gasteiger partial charge in [0, 0.05) is 10.9 Å². The molecule has 0 aliphatic rings. The third-order valence-corrected chi connectivity index (χ3v) is 5.30. The van der Waals surface area contributed by atoms with Crippen LogP contribution in [0.2, 0.25) is 0 Å². The fourth-order valence-electron chi connectivity index (χ4n) is 1.95. The SMILES string of the molecule is CCc1nc(C)c(C(C)N(C)CC(=O)Nc2nncs2)s1. The normalized spacial score (nSPS) is 12.6. The van der Waals surface area contributed by atoms with E-state index in [0.29, 0.717) is 11.7 Å². The van der Waals surface area contributed by atoms with Gasteiger partial charge in [-0.1, -0.05) is 18.3 Å². The molecule has 0 saturated heterocycles. The van der Waals surface area contributed by atoms with Gasteiger partial charge in [0.25, 0.3) is 0 Å². The van der Waals surface area contributed by atoms with Crippen molar-refractivity contribution in [3.8, 4) is 0 Å². The molecular weight excluding hydrogens is 306 g/mol. The van der Waals surface area contributed by atoms with Gasteiger partial charge in [0.2, 0.25) is 11.0 Å². The van der Waals surface area contributed by atoms with Gasteiger partial charge in [-0.3, -0.25) is 15.0 Å². The predicted molar refractivity (Wildman–Crippen MR) is 85.8 cm³/mol. The highest BCUT2D eigenvalue weighted by Crippen LogP contribution is 2.28. The lowest BCUT2D eigenvalue weighted by atomic mass is 10.2. The van der Waals surface area contributed by atoms with Gasteiger partial charge in [0.05, 0.1) is 17.2 Å². The number of likely N-dealkylation sites (N-methyl/N-ethyl adjacent to an activating group) is 1. The number of hydrogen-bond acceptors (Lipinski definition) is 7. The quantitative estimate of drug-likeness (QED) is 0.883. The first-order chi connectivity index (χ1) is 10.0. The maximum absolute atomic E-state index is 12.0. The number of amides is 1. The molecule has 21 heavy (non-hydrogen) atoms. The van der Waals surface area contributed by atoms with Crippen molar-refractivity contribution in [1.82, 2.24) is 20.1 Å². The van der Waals surface area contributed by atoms with Crippen molar-refractivity contribution in [2.75, 3.05) is 18.9 Å². The van der Waals surface area contributed by atoms with Crippen LogP contribution in [0.3, 0.4) is 0 Å². The minimum absolute atomic E-state index is 0.0843. The van der Waals surface area contributed by atoms with Crippen molar-refractivity contribution < 1.29 is 4.79 Å². The van der Waals surface area contributed by atoms with Gasteiger partial charge in [-0.15, -0.1) is 21.5 Å². The van der Waals surface area contributed by atoms with Crippen molar-refractivity contribution in [3.05, 3.63) is 21.1 Å². The third kappa shape index (κ3) is 4.05. The highest BCUT2D eigenvalue weighted by atomic mass is 32.1. The Morgan fingerprint density at radius 2 is 2.29 bits per heavy atom. The minimum Gasteiger partial charge on any atom is -0.299 e. The lowest BCUT2D eigenvalue weighted by molar-refractivity contribution is -0.117. The Morgan fingerprint density at radius 3 is 2.86 bits per heavy atom. The fourth-order valence-corrected chi connectivity index (χ4v) is 3.54. The highest BCUT2D eigenvalue weighted by Gasteiger charge is 2.20. The number of aromatic nitrogens is 3. The summed E-state index contributed by atoms with van der Waals surface area (Å²) in [6.07, 6.45) is 0.944. The van der Waals surface area contributed by atoms with E-state index < -0.39 is 0 Å². The summed E-state index contributed by atoms with van der Waals surface area (Å²) in [4.78, 5) is 19.8. The van der Waals surface area contributed by atoms with Gasteiger partial charge in [0.15, 0.2) is 0 Å². The van der Waals surface area contributed by atoms with Crippen LogP contribution in [-0.4, -0.2) is 39.6 Å². The second kappa shape index (κ2) is 7.06. The van der Waals surface area contributed by atoms with E-state index in [1.807, 2.05) is 18.9 Å². The molecule has 0 bridgehead atoms. The van der Waals surface area contributed by atoms with Crippen LogP contribution in [-0.2, 0) is 11.2 Å². The summed E-state index contributed by atoms with van der Waals surface area (Å²) in [5.74, 6) is -0.0843. The maximum Gasteiger partial charge on any atom is 0.240 e. The first-order valence-electron chi connectivity index (χ1n) is 6.73. The van der Waals surface area contributed by atoms with Gasteiger partial charge in [0.1, 0.15) is 5.51 Å². The Morgan fingerprint density at radius 1 is 1.52 bits per heavy atom. The molecule has 0 spiro atoms. The zero-order chi connectivity index (χ0) is 15.4. The van der Waals surface area contributed by atoms with Crippen LogP contribution < -0.4 is 5.32 Å². The smallest absolute Gasteiger partial charge is 0.240 e. The van der Waals surface area contributed by atoms with Crippen LogP contribution in [0.1, 0.15) is 35.5 Å². The predicted octanol–water partition coefficient (Wildman–Crippen LogP) is 2.50. The molecule has 2 aromatic heterocycles. The molecule has 1 amide bonds. The molecule has 1 unspecified atom stereocenters. The van der Waals surface area contributed by atoms with Crippen LogP contribution in [0, 0.1) is 6.92 Å². The highest BCUT2D eigenvalue weighted by molar-refractivity contribution is 7.13. The molecule has 2 aromatic rings. The maximum atomic E-state index is 12.0. The van der Waals surface area contributed by atoms with Gasteiger partial charge in [-0.05, 0) is 27.3 Å². The number of thiazole rings is 1. The Labute approximate surface area is 132 Å². The van der Waals surface area contributed by atoms with Gasteiger partial charge in [-0.25, -0.2) is 4.98 Å². The molecular formula is C13H19N5OS2. The van der Waals surface area contributed by atoms with Crippen molar-refractivity contribution in [1.29, 1.82) is 0 Å². The van der Waals surface area contributed by atoms with Gasteiger partial charge in [-0.2, -0.15) is 0 Å². The summed E-state index contributed by atoms with van der Waals surface area (Å²) >= 11 is 3.03. The standard InChI is InChI=1S/C13H19N5OS2/c1-5-11-15-8(2)12(21-11)9(3)18(4)6-10(19)16-13-17-14-7-20-13/h7,9H,5-6H2,1-4H3,(H,16,17,19). The van der Waals surface area contributed by atoms with Crippen molar-refractivity contribution in [2.24, 2.45) is 0 Å². The monoisotopic (exact) mass is 325 g/mol. The Bertz CT molecular complexity index is 596. The van der Waals surface area contributed by atoms with E-state index in [4.69, 9.17) is 0 Å². The van der Waals surface area contributed by atoms with E-state index in [9.17, 15) is 4.79 Å². The molecule has 6 nitrogen and oxygen atoms in total. The summed E-state index contributed by atoms with van der Waals surface area (Å²) in [6, 6.07) is 0.156. The zero-order valence-electron chi connectivity index (χ0n) is 12.6. The van der Waals surface area contributed by atoms with E-state index in [1.54, 1.807) is 16.8 Å². The third-order valence-electron chi connectivity index (χ3n) is 3.22. The average molecular weight is 325 g/mol. The number of carbonyl (C=O) groups excluding carboxylic acids is 1. The van der Waals surface area contributed by atoms with Crippen molar-refractivity contribution in [2.45, 2.75) is 33.2 Å². The fraction of sp³-hybridized carbons (Fsp3) is 0.538. The summed E-state index contributed by atoms with van der Waals surface area (Å²) in [5, 5.41) is 11.9. The lowest BCUT2D eigenvalue weighted by Gasteiger charge is -2.23. The van der Waals surface area contributed by atoms with Crippen LogP contribution in [0.15, 0.2) is 5.51 Å². The number of carbonyl (C=O) groups is 1. The molecule has 8 heteroatoms. The summed E-state index contributed by atoms with van der Waals surface area (Å²) < 4.78 is 0. The zero-order valence-corrected chi connectivity index (χ0v) is 14.2.